The molecule has 0 spiro atoms. The summed E-state index contributed by atoms with van der Waals surface area (Å²) < 4.78 is 1.06. The van der Waals surface area contributed by atoms with E-state index in [1.807, 2.05) is 6.20 Å². The molecule has 3 atom stereocenters. The van der Waals surface area contributed by atoms with Crippen LogP contribution in [0.3, 0.4) is 0 Å². The summed E-state index contributed by atoms with van der Waals surface area (Å²) in [5.41, 5.74) is 1.23. The molecule has 1 aromatic heterocycles. The molecular formula is C13H17BrN2. The van der Waals surface area contributed by atoms with Crippen molar-refractivity contribution in [2.24, 2.45) is 11.8 Å². The Hall–Kier alpha value is -0.570. The van der Waals surface area contributed by atoms with Crippen LogP contribution in [0, 0.1) is 18.8 Å². The predicted octanol–water partition coefficient (Wildman–Crippen LogP) is 3.75. The van der Waals surface area contributed by atoms with Crippen LogP contribution in [0.1, 0.15) is 31.2 Å². The molecule has 3 heteroatoms. The fourth-order valence-corrected chi connectivity index (χ4v) is 3.73. The highest BCUT2D eigenvalue weighted by Crippen LogP contribution is 2.45. The molecule has 0 aliphatic heterocycles. The van der Waals surface area contributed by atoms with Gasteiger partial charge in [-0.05, 0) is 65.6 Å². The maximum absolute atomic E-state index is 4.47. The van der Waals surface area contributed by atoms with Crippen molar-refractivity contribution in [2.75, 3.05) is 5.32 Å². The Morgan fingerprint density at radius 1 is 1.38 bits per heavy atom. The minimum atomic E-state index is 0.672. The number of nitrogens with zero attached hydrogens (tertiary/aromatic N) is 1. The number of rotatable bonds is 2. The molecule has 3 unspecified atom stereocenters. The Balaban J connectivity index is 1.74. The third kappa shape index (κ3) is 1.86. The first-order chi connectivity index (χ1) is 7.72. The maximum Gasteiger partial charge on any atom is 0.129 e. The van der Waals surface area contributed by atoms with E-state index in [1.54, 1.807) is 0 Å². The summed E-state index contributed by atoms with van der Waals surface area (Å²) in [6.07, 6.45) is 7.53. The quantitative estimate of drug-likeness (QED) is 0.893. The number of halogens is 1. The molecule has 3 rings (SSSR count). The largest absolute Gasteiger partial charge is 0.367 e. The lowest BCUT2D eigenvalue weighted by atomic mass is 9.95. The van der Waals surface area contributed by atoms with Crippen LogP contribution in [-0.2, 0) is 0 Å². The van der Waals surface area contributed by atoms with E-state index in [9.17, 15) is 0 Å². The topological polar surface area (TPSA) is 24.9 Å². The SMILES string of the molecule is Cc1cc(Br)cnc1NC1CC2CCC1C2. The number of aromatic nitrogens is 1. The highest BCUT2D eigenvalue weighted by molar-refractivity contribution is 9.10. The van der Waals surface area contributed by atoms with Gasteiger partial charge in [0.05, 0.1) is 0 Å². The third-order valence-corrected chi connectivity index (χ3v) is 4.54. The Morgan fingerprint density at radius 3 is 2.88 bits per heavy atom. The predicted molar refractivity (Wildman–Crippen MR) is 69.5 cm³/mol. The first-order valence-corrected chi connectivity index (χ1v) is 6.90. The second kappa shape index (κ2) is 4.02. The lowest BCUT2D eigenvalue weighted by Crippen LogP contribution is -2.26. The number of hydrogen-bond acceptors (Lipinski definition) is 2. The molecule has 2 aliphatic carbocycles. The van der Waals surface area contributed by atoms with Crippen LogP contribution in [0.15, 0.2) is 16.7 Å². The summed E-state index contributed by atoms with van der Waals surface area (Å²) in [5.74, 6) is 2.95. The van der Waals surface area contributed by atoms with Gasteiger partial charge in [-0.15, -0.1) is 0 Å². The third-order valence-electron chi connectivity index (χ3n) is 4.11. The van der Waals surface area contributed by atoms with Crippen LogP contribution in [0.2, 0.25) is 0 Å². The van der Waals surface area contributed by atoms with Gasteiger partial charge >= 0.3 is 0 Å². The van der Waals surface area contributed by atoms with E-state index in [0.717, 1.165) is 22.1 Å². The summed E-state index contributed by atoms with van der Waals surface area (Å²) >= 11 is 3.45. The van der Waals surface area contributed by atoms with Gasteiger partial charge in [-0.1, -0.05) is 6.42 Å². The summed E-state index contributed by atoms with van der Waals surface area (Å²) in [4.78, 5) is 4.47. The Kier molecular flexibility index (Phi) is 2.66. The number of fused-ring (bicyclic) bond motifs is 2. The van der Waals surface area contributed by atoms with E-state index in [2.05, 4.69) is 39.2 Å². The Morgan fingerprint density at radius 2 is 2.25 bits per heavy atom. The molecule has 0 amide bonds. The normalized spacial score (nSPS) is 32.0. The molecule has 2 saturated carbocycles. The number of pyridine rings is 1. The maximum atomic E-state index is 4.47. The average molecular weight is 281 g/mol. The standard InChI is InChI=1S/C13H17BrN2/c1-8-4-11(14)7-15-13(8)16-12-6-9-2-3-10(12)5-9/h4,7,9-10,12H,2-3,5-6H2,1H3,(H,15,16). The smallest absolute Gasteiger partial charge is 0.129 e. The second-order valence-electron chi connectivity index (χ2n) is 5.24. The van der Waals surface area contributed by atoms with Crippen molar-refractivity contribution in [3.63, 3.8) is 0 Å². The van der Waals surface area contributed by atoms with Gasteiger partial charge in [-0.3, -0.25) is 0 Å². The molecule has 1 aromatic rings. The lowest BCUT2D eigenvalue weighted by Gasteiger charge is -2.24. The minimum Gasteiger partial charge on any atom is -0.367 e. The van der Waals surface area contributed by atoms with Gasteiger partial charge in [-0.2, -0.15) is 0 Å². The molecule has 0 aromatic carbocycles. The lowest BCUT2D eigenvalue weighted by molar-refractivity contribution is 0.439. The Bertz CT molecular complexity index is 405. The van der Waals surface area contributed by atoms with Crippen molar-refractivity contribution in [1.82, 2.24) is 4.98 Å². The van der Waals surface area contributed by atoms with Crippen LogP contribution < -0.4 is 5.32 Å². The molecule has 16 heavy (non-hydrogen) atoms. The molecule has 86 valence electrons. The molecule has 2 fully saturated rings. The van der Waals surface area contributed by atoms with Gasteiger partial charge in [0.15, 0.2) is 0 Å². The average Bonchev–Trinajstić information content (AvgIpc) is 2.84. The monoisotopic (exact) mass is 280 g/mol. The van der Waals surface area contributed by atoms with E-state index in [-0.39, 0.29) is 0 Å². The number of aryl methyl sites for hydroxylation is 1. The van der Waals surface area contributed by atoms with E-state index < -0.39 is 0 Å². The zero-order valence-electron chi connectivity index (χ0n) is 9.54. The number of anilines is 1. The van der Waals surface area contributed by atoms with Crippen molar-refractivity contribution in [3.05, 3.63) is 22.3 Å². The fourth-order valence-electron chi connectivity index (χ4n) is 3.29. The van der Waals surface area contributed by atoms with E-state index >= 15 is 0 Å². The number of nitrogens with one attached hydrogen (secondary N) is 1. The van der Waals surface area contributed by atoms with Crippen LogP contribution in [0.25, 0.3) is 0 Å². The van der Waals surface area contributed by atoms with E-state index in [0.29, 0.717) is 6.04 Å². The highest BCUT2D eigenvalue weighted by Gasteiger charge is 2.39. The molecule has 0 radical (unpaired) electrons. The molecule has 2 aliphatic rings. The minimum absolute atomic E-state index is 0.672. The van der Waals surface area contributed by atoms with Gasteiger partial charge in [0.25, 0.3) is 0 Å². The van der Waals surface area contributed by atoms with Crippen molar-refractivity contribution in [2.45, 2.75) is 38.6 Å². The summed E-state index contributed by atoms with van der Waals surface area (Å²) in [6.45, 7) is 2.12. The molecule has 1 heterocycles. The Labute approximate surface area is 105 Å². The first-order valence-electron chi connectivity index (χ1n) is 6.11. The summed E-state index contributed by atoms with van der Waals surface area (Å²) in [5, 5.41) is 3.64. The van der Waals surface area contributed by atoms with Gasteiger partial charge < -0.3 is 5.32 Å². The molecular weight excluding hydrogens is 264 g/mol. The van der Waals surface area contributed by atoms with Crippen LogP contribution in [0.4, 0.5) is 5.82 Å². The molecule has 2 nitrogen and oxygen atoms in total. The van der Waals surface area contributed by atoms with Crippen LogP contribution >= 0.6 is 15.9 Å². The van der Waals surface area contributed by atoms with Crippen molar-refractivity contribution in [1.29, 1.82) is 0 Å². The van der Waals surface area contributed by atoms with E-state index in [4.69, 9.17) is 0 Å². The van der Waals surface area contributed by atoms with Gasteiger partial charge in [0.1, 0.15) is 5.82 Å². The van der Waals surface area contributed by atoms with Crippen LogP contribution in [-0.4, -0.2) is 11.0 Å². The van der Waals surface area contributed by atoms with Gasteiger partial charge in [0, 0.05) is 16.7 Å². The zero-order valence-corrected chi connectivity index (χ0v) is 11.1. The number of hydrogen-bond donors (Lipinski definition) is 1. The fraction of sp³-hybridized carbons (Fsp3) is 0.615. The molecule has 2 bridgehead atoms. The van der Waals surface area contributed by atoms with Crippen molar-refractivity contribution in [3.8, 4) is 0 Å². The zero-order chi connectivity index (χ0) is 11.1. The molecule has 0 saturated heterocycles. The summed E-state index contributed by atoms with van der Waals surface area (Å²) in [7, 11) is 0. The van der Waals surface area contributed by atoms with Gasteiger partial charge in [-0.25, -0.2) is 4.98 Å². The second-order valence-corrected chi connectivity index (χ2v) is 6.16. The van der Waals surface area contributed by atoms with Crippen molar-refractivity contribution < 1.29 is 0 Å². The van der Waals surface area contributed by atoms with Crippen molar-refractivity contribution >= 4 is 21.7 Å². The van der Waals surface area contributed by atoms with Crippen LogP contribution in [0.5, 0.6) is 0 Å². The highest BCUT2D eigenvalue weighted by atomic mass is 79.9. The first kappa shape index (κ1) is 10.6. The molecule has 1 N–H and O–H groups in total. The van der Waals surface area contributed by atoms with E-state index in [1.165, 1.54) is 31.2 Å². The summed E-state index contributed by atoms with van der Waals surface area (Å²) in [6, 6.07) is 2.80. The van der Waals surface area contributed by atoms with Gasteiger partial charge in [0.2, 0.25) is 0 Å².